The molecule has 0 fully saturated rings. The Hall–Kier alpha value is -3.60. The van der Waals surface area contributed by atoms with Gasteiger partial charge in [-0.25, -0.2) is 4.98 Å². The van der Waals surface area contributed by atoms with Gasteiger partial charge in [0.2, 0.25) is 5.91 Å². The average molecular weight is 472 g/mol. The molecular formula is C22H19F3N6OS. The summed E-state index contributed by atoms with van der Waals surface area (Å²) in [5.41, 5.74) is 0.866. The molecule has 0 atom stereocenters. The fourth-order valence-electron chi connectivity index (χ4n) is 3.18. The van der Waals surface area contributed by atoms with E-state index >= 15 is 0 Å². The van der Waals surface area contributed by atoms with Crippen LogP contribution in [0.1, 0.15) is 27.5 Å². The van der Waals surface area contributed by atoms with Crippen molar-refractivity contribution in [3.8, 4) is 0 Å². The van der Waals surface area contributed by atoms with Crippen LogP contribution >= 0.6 is 11.3 Å². The molecule has 0 saturated carbocycles. The molecule has 0 aliphatic carbocycles. The van der Waals surface area contributed by atoms with Crippen molar-refractivity contribution >= 4 is 33.5 Å². The number of nitrogens with zero attached hydrogens (tertiary/aromatic N) is 6. The van der Waals surface area contributed by atoms with Crippen LogP contribution in [0.2, 0.25) is 0 Å². The lowest BCUT2D eigenvalue weighted by molar-refractivity contribution is -0.137. The van der Waals surface area contributed by atoms with Gasteiger partial charge >= 0.3 is 6.18 Å². The highest BCUT2D eigenvalue weighted by Gasteiger charge is 2.31. The van der Waals surface area contributed by atoms with Crippen LogP contribution in [0.5, 0.6) is 0 Å². The maximum atomic E-state index is 13.2. The van der Waals surface area contributed by atoms with Crippen molar-refractivity contribution in [2.75, 3.05) is 7.05 Å². The van der Waals surface area contributed by atoms with Gasteiger partial charge < -0.3 is 4.90 Å². The fourth-order valence-corrected chi connectivity index (χ4v) is 4.20. The average Bonchev–Trinajstić information content (AvgIpc) is 3.36. The number of carbonyl (C=O) groups is 1. The first kappa shape index (κ1) is 22.6. The highest BCUT2D eigenvalue weighted by Crippen LogP contribution is 2.31. The molecule has 0 radical (unpaired) electrons. The summed E-state index contributed by atoms with van der Waals surface area (Å²) in [7, 11) is 1.65. The van der Waals surface area contributed by atoms with E-state index in [-0.39, 0.29) is 12.5 Å². The highest BCUT2D eigenvalue weighted by atomic mass is 32.1. The lowest BCUT2D eigenvalue weighted by Gasteiger charge is -2.14. The van der Waals surface area contributed by atoms with E-state index in [1.165, 1.54) is 39.3 Å². The fraction of sp³-hybridized carbons (Fsp3) is 0.227. The molecule has 1 amide bonds. The van der Waals surface area contributed by atoms with Crippen LogP contribution in [0.4, 0.5) is 13.2 Å². The van der Waals surface area contributed by atoms with Crippen LogP contribution < -0.4 is 0 Å². The van der Waals surface area contributed by atoms with Crippen molar-refractivity contribution in [1.29, 1.82) is 0 Å². The molecule has 2 heterocycles. The van der Waals surface area contributed by atoms with Gasteiger partial charge in [0.15, 0.2) is 5.82 Å². The zero-order valence-electron chi connectivity index (χ0n) is 17.7. The van der Waals surface area contributed by atoms with Crippen molar-refractivity contribution in [3.63, 3.8) is 0 Å². The van der Waals surface area contributed by atoms with Crippen molar-refractivity contribution in [2.45, 2.75) is 26.2 Å². The van der Waals surface area contributed by atoms with Gasteiger partial charge in [-0.3, -0.25) is 4.79 Å². The predicted octanol–water partition coefficient (Wildman–Crippen LogP) is 4.33. The van der Waals surface area contributed by atoms with Gasteiger partial charge in [0.25, 0.3) is 0 Å². The SMILES string of the molecule is Cc1nnn(Cc2cc(C(F)(F)F)ccc2C=CC(=O)N(C)Cc2nc3ccccc3s2)n1. The molecule has 2 aromatic heterocycles. The third-order valence-electron chi connectivity index (χ3n) is 4.83. The highest BCUT2D eigenvalue weighted by molar-refractivity contribution is 7.18. The summed E-state index contributed by atoms with van der Waals surface area (Å²) in [6, 6.07) is 11.1. The zero-order valence-corrected chi connectivity index (χ0v) is 18.6. The van der Waals surface area contributed by atoms with Crippen LogP contribution in [0.15, 0.2) is 48.5 Å². The number of alkyl halides is 3. The van der Waals surface area contributed by atoms with Crippen LogP contribution in [0, 0.1) is 6.92 Å². The number of para-hydroxylation sites is 1. The molecule has 0 N–H and O–H groups in total. The first-order valence-electron chi connectivity index (χ1n) is 9.91. The quantitative estimate of drug-likeness (QED) is 0.391. The summed E-state index contributed by atoms with van der Waals surface area (Å²) in [6.45, 7) is 1.95. The van der Waals surface area contributed by atoms with Gasteiger partial charge in [0.1, 0.15) is 5.01 Å². The summed E-state index contributed by atoms with van der Waals surface area (Å²) < 4.78 is 40.7. The number of halogens is 3. The van der Waals surface area contributed by atoms with Crippen molar-refractivity contribution in [3.05, 3.63) is 76.1 Å². The number of hydrogen-bond donors (Lipinski definition) is 0. The minimum atomic E-state index is -4.49. The molecule has 0 saturated heterocycles. The second-order valence-corrected chi connectivity index (χ2v) is 8.50. The Balaban J connectivity index is 1.53. The molecular weight excluding hydrogens is 453 g/mol. The number of aryl methyl sites for hydroxylation is 1. The summed E-state index contributed by atoms with van der Waals surface area (Å²) >= 11 is 1.51. The standard InChI is InChI=1S/C22H19F3N6OS/c1-14-27-29-31(28-14)12-16-11-17(22(23,24)25)9-7-15(16)8-10-21(32)30(2)13-20-26-18-5-3-4-6-19(18)33-20/h3-11H,12-13H2,1-2H3. The second-order valence-electron chi connectivity index (χ2n) is 7.38. The Morgan fingerprint density at radius 2 is 2.00 bits per heavy atom. The van der Waals surface area contributed by atoms with Gasteiger partial charge in [0, 0.05) is 13.1 Å². The molecule has 0 spiro atoms. The number of fused-ring (bicyclic) bond motifs is 1. The molecule has 33 heavy (non-hydrogen) atoms. The van der Waals surface area contributed by atoms with Gasteiger partial charge in [0.05, 0.1) is 28.9 Å². The number of hydrogen-bond acceptors (Lipinski definition) is 6. The van der Waals surface area contributed by atoms with Crippen LogP contribution in [-0.2, 0) is 24.1 Å². The first-order valence-corrected chi connectivity index (χ1v) is 10.7. The Kier molecular flexibility index (Phi) is 6.23. The molecule has 4 aromatic rings. The number of amides is 1. The Labute approximate surface area is 191 Å². The summed E-state index contributed by atoms with van der Waals surface area (Å²) in [5, 5.41) is 12.4. The predicted molar refractivity (Wildman–Crippen MR) is 118 cm³/mol. The van der Waals surface area contributed by atoms with Crippen molar-refractivity contribution in [1.82, 2.24) is 30.1 Å². The monoisotopic (exact) mass is 472 g/mol. The third kappa shape index (κ3) is 5.43. The van der Waals surface area contributed by atoms with E-state index in [9.17, 15) is 18.0 Å². The molecule has 0 aliphatic rings. The van der Waals surface area contributed by atoms with E-state index in [2.05, 4.69) is 20.4 Å². The molecule has 7 nitrogen and oxygen atoms in total. The van der Waals surface area contributed by atoms with E-state index in [0.717, 1.165) is 27.4 Å². The second kappa shape index (κ2) is 9.10. The van der Waals surface area contributed by atoms with E-state index in [0.29, 0.717) is 23.5 Å². The normalized spacial score (nSPS) is 12.0. The number of rotatable bonds is 6. The van der Waals surface area contributed by atoms with Crippen LogP contribution in [0.25, 0.3) is 16.3 Å². The Bertz CT molecular complexity index is 1290. The smallest absolute Gasteiger partial charge is 0.335 e. The van der Waals surface area contributed by atoms with Crippen molar-refractivity contribution in [2.24, 2.45) is 0 Å². The number of thiazole rings is 1. The largest absolute Gasteiger partial charge is 0.416 e. The molecule has 0 unspecified atom stereocenters. The number of carbonyl (C=O) groups excluding carboxylic acids is 1. The van der Waals surface area contributed by atoms with Crippen LogP contribution in [-0.4, -0.2) is 43.0 Å². The van der Waals surface area contributed by atoms with E-state index < -0.39 is 11.7 Å². The number of aromatic nitrogens is 5. The van der Waals surface area contributed by atoms with Gasteiger partial charge in [-0.05, 0) is 53.6 Å². The maximum absolute atomic E-state index is 13.2. The van der Waals surface area contributed by atoms with E-state index in [1.807, 2.05) is 24.3 Å². The van der Waals surface area contributed by atoms with Crippen LogP contribution in [0.3, 0.4) is 0 Å². The maximum Gasteiger partial charge on any atom is 0.416 e. The zero-order chi connectivity index (χ0) is 23.6. The van der Waals surface area contributed by atoms with E-state index in [4.69, 9.17) is 0 Å². The minimum absolute atomic E-state index is 0.0137. The van der Waals surface area contributed by atoms with Gasteiger partial charge in [-0.1, -0.05) is 18.2 Å². The molecule has 2 aromatic carbocycles. The molecule has 0 bridgehead atoms. The Morgan fingerprint density at radius 1 is 1.21 bits per heavy atom. The lowest BCUT2D eigenvalue weighted by Crippen LogP contribution is -2.24. The summed E-state index contributed by atoms with van der Waals surface area (Å²) in [5.74, 6) is 0.112. The molecule has 0 aliphatic heterocycles. The van der Waals surface area contributed by atoms with Gasteiger partial charge in [-0.15, -0.1) is 21.5 Å². The van der Waals surface area contributed by atoms with E-state index in [1.54, 1.807) is 14.0 Å². The molecule has 170 valence electrons. The summed E-state index contributed by atoms with van der Waals surface area (Å²) in [6.07, 6.45) is -1.66. The third-order valence-corrected chi connectivity index (χ3v) is 5.85. The summed E-state index contributed by atoms with van der Waals surface area (Å²) in [4.78, 5) is 19.9. The van der Waals surface area contributed by atoms with Crippen molar-refractivity contribution < 1.29 is 18.0 Å². The minimum Gasteiger partial charge on any atom is -0.335 e. The first-order chi connectivity index (χ1) is 15.7. The topological polar surface area (TPSA) is 76.8 Å². The van der Waals surface area contributed by atoms with Gasteiger partial charge in [-0.2, -0.15) is 18.0 Å². The number of tetrazole rings is 1. The number of likely N-dealkylation sites (N-methyl/N-ethyl adjacent to an activating group) is 1. The Morgan fingerprint density at radius 3 is 2.70 bits per heavy atom. The molecule has 4 rings (SSSR count). The lowest BCUT2D eigenvalue weighted by atomic mass is 10.0. The molecule has 11 heteroatoms. The number of benzene rings is 2.